The molecule has 1 aromatic heterocycles. The summed E-state index contributed by atoms with van der Waals surface area (Å²) in [7, 11) is 0. The summed E-state index contributed by atoms with van der Waals surface area (Å²) in [6.45, 7) is 9.74. The molecule has 94 valence electrons. The molecule has 0 radical (unpaired) electrons. The third-order valence-corrected chi connectivity index (χ3v) is 3.86. The van der Waals surface area contributed by atoms with Crippen LogP contribution in [0.25, 0.3) is 0 Å². The summed E-state index contributed by atoms with van der Waals surface area (Å²) >= 11 is 1.26. The van der Waals surface area contributed by atoms with E-state index in [1.807, 2.05) is 0 Å². The predicted octanol–water partition coefficient (Wildman–Crippen LogP) is 2.94. The Hall–Kier alpha value is -1.28. The minimum atomic E-state index is 0.325. The van der Waals surface area contributed by atoms with Crippen LogP contribution in [0.1, 0.15) is 33.3 Å². The van der Waals surface area contributed by atoms with Crippen molar-refractivity contribution >= 4 is 22.4 Å². The molecule has 4 nitrogen and oxygen atoms in total. The van der Waals surface area contributed by atoms with Crippen molar-refractivity contribution in [1.29, 1.82) is 5.26 Å². The highest BCUT2D eigenvalue weighted by Crippen LogP contribution is 2.27. The van der Waals surface area contributed by atoms with Crippen molar-refractivity contribution in [3.8, 4) is 6.07 Å². The normalized spacial score (nSPS) is 11.2. The number of rotatable bonds is 5. The van der Waals surface area contributed by atoms with Crippen molar-refractivity contribution in [2.75, 3.05) is 17.6 Å². The first-order valence-electron chi connectivity index (χ1n) is 5.86. The highest BCUT2D eigenvalue weighted by Gasteiger charge is 2.19. The van der Waals surface area contributed by atoms with E-state index in [2.05, 4.69) is 43.5 Å². The van der Waals surface area contributed by atoms with Gasteiger partial charge >= 0.3 is 0 Å². The van der Waals surface area contributed by atoms with Gasteiger partial charge in [-0.1, -0.05) is 27.7 Å². The number of nitrogens with zero attached hydrogens (tertiary/aromatic N) is 2. The van der Waals surface area contributed by atoms with E-state index in [1.165, 1.54) is 11.5 Å². The molecule has 5 heteroatoms. The van der Waals surface area contributed by atoms with Crippen molar-refractivity contribution in [2.24, 2.45) is 17.8 Å². The third kappa shape index (κ3) is 3.34. The van der Waals surface area contributed by atoms with E-state index < -0.39 is 0 Å². The lowest BCUT2D eigenvalue weighted by molar-refractivity contribution is 0.304. The van der Waals surface area contributed by atoms with E-state index in [9.17, 15) is 0 Å². The molecule has 1 aromatic rings. The van der Waals surface area contributed by atoms with Crippen molar-refractivity contribution < 1.29 is 0 Å². The smallest absolute Gasteiger partial charge is 0.157 e. The number of nitriles is 1. The van der Waals surface area contributed by atoms with Crippen LogP contribution in [0.5, 0.6) is 0 Å². The predicted molar refractivity (Wildman–Crippen MR) is 72.9 cm³/mol. The summed E-state index contributed by atoms with van der Waals surface area (Å²) in [6.07, 6.45) is 0. The number of nitrogens with two attached hydrogens (primary N) is 1. The summed E-state index contributed by atoms with van der Waals surface area (Å²) in [6, 6.07) is 2.09. The van der Waals surface area contributed by atoms with E-state index in [0.29, 0.717) is 29.1 Å². The highest BCUT2D eigenvalue weighted by atomic mass is 32.1. The van der Waals surface area contributed by atoms with E-state index in [-0.39, 0.29) is 0 Å². The topological polar surface area (TPSA) is 74.7 Å². The van der Waals surface area contributed by atoms with Crippen molar-refractivity contribution in [3.63, 3.8) is 0 Å². The second kappa shape index (κ2) is 5.87. The number of aromatic nitrogens is 1. The van der Waals surface area contributed by atoms with Crippen molar-refractivity contribution in [1.82, 2.24) is 4.37 Å². The average Bonchev–Trinajstić information content (AvgIpc) is 2.58. The zero-order valence-electron chi connectivity index (χ0n) is 10.8. The Morgan fingerprint density at radius 2 is 1.94 bits per heavy atom. The number of anilines is 2. The molecule has 0 aliphatic heterocycles. The lowest BCUT2D eigenvalue weighted by atomic mass is 9.85. The van der Waals surface area contributed by atoms with Gasteiger partial charge in [-0.25, -0.2) is 0 Å². The van der Waals surface area contributed by atoms with Gasteiger partial charge in [-0.3, -0.25) is 0 Å². The van der Waals surface area contributed by atoms with E-state index in [4.69, 9.17) is 11.0 Å². The zero-order valence-corrected chi connectivity index (χ0v) is 11.6. The van der Waals surface area contributed by atoms with Gasteiger partial charge in [0.2, 0.25) is 0 Å². The second-order valence-electron chi connectivity index (χ2n) is 4.92. The molecule has 0 saturated carbocycles. The van der Waals surface area contributed by atoms with Crippen LogP contribution in [-0.4, -0.2) is 10.9 Å². The maximum Gasteiger partial charge on any atom is 0.157 e. The van der Waals surface area contributed by atoms with Gasteiger partial charge in [0.1, 0.15) is 16.6 Å². The standard InChI is InChI=1S/C12H20N4S/c1-7(2)10(8(3)4)6-15-12-9(5-13)11(14)16-17-12/h7-8,10,15H,6H2,1-4H3,(H2,14,16). The minimum Gasteiger partial charge on any atom is -0.382 e. The Kier molecular flexibility index (Phi) is 4.76. The Morgan fingerprint density at radius 1 is 1.35 bits per heavy atom. The fraction of sp³-hybridized carbons (Fsp3) is 0.667. The molecule has 0 bridgehead atoms. The lowest BCUT2D eigenvalue weighted by Gasteiger charge is -2.25. The molecule has 0 aliphatic carbocycles. The van der Waals surface area contributed by atoms with Gasteiger partial charge in [-0.2, -0.15) is 9.64 Å². The SMILES string of the molecule is CC(C)C(CNc1snc(N)c1C#N)C(C)C. The van der Waals surface area contributed by atoms with Crippen molar-refractivity contribution in [2.45, 2.75) is 27.7 Å². The Balaban J connectivity index is 2.69. The lowest BCUT2D eigenvalue weighted by Crippen LogP contribution is -2.24. The zero-order chi connectivity index (χ0) is 13.0. The maximum absolute atomic E-state index is 8.97. The first-order valence-corrected chi connectivity index (χ1v) is 6.63. The summed E-state index contributed by atoms with van der Waals surface area (Å²) in [4.78, 5) is 0. The van der Waals surface area contributed by atoms with Crippen LogP contribution < -0.4 is 11.1 Å². The van der Waals surface area contributed by atoms with Gasteiger partial charge in [0.25, 0.3) is 0 Å². The minimum absolute atomic E-state index is 0.325. The maximum atomic E-state index is 8.97. The molecule has 0 aliphatic rings. The van der Waals surface area contributed by atoms with Crippen LogP contribution in [0, 0.1) is 29.1 Å². The van der Waals surface area contributed by atoms with Gasteiger partial charge in [0, 0.05) is 6.54 Å². The van der Waals surface area contributed by atoms with Crippen LogP contribution >= 0.6 is 11.5 Å². The van der Waals surface area contributed by atoms with Crippen LogP contribution in [0.4, 0.5) is 10.8 Å². The van der Waals surface area contributed by atoms with Gasteiger partial charge in [0.15, 0.2) is 5.82 Å². The summed E-state index contributed by atoms with van der Waals surface area (Å²) in [5.41, 5.74) is 6.09. The molecular formula is C12H20N4S. The van der Waals surface area contributed by atoms with Gasteiger partial charge in [-0.15, -0.1) is 0 Å². The Labute approximate surface area is 107 Å². The van der Waals surface area contributed by atoms with E-state index in [1.54, 1.807) is 0 Å². The summed E-state index contributed by atoms with van der Waals surface area (Å²) in [5.74, 6) is 2.12. The fourth-order valence-corrected chi connectivity index (χ4v) is 2.65. The number of hydrogen-bond acceptors (Lipinski definition) is 5. The number of hydrogen-bond donors (Lipinski definition) is 2. The molecular weight excluding hydrogens is 232 g/mol. The van der Waals surface area contributed by atoms with Crippen LogP contribution in [0.2, 0.25) is 0 Å². The largest absolute Gasteiger partial charge is 0.382 e. The molecule has 3 N–H and O–H groups in total. The molecule has 0 saturated heterocycles. The fourth-order valence-electron chi connectivity index (χ4n) is 1.98. The average molecular weight is 252 g/mol. The highest BCUT2D eigenvalue weighted by molar-refractivity contribution is 7.10. The quantitative estimate of drug-likeness (QED) is 0.845. The summed E-state index contributed by atoms with van der Waals surface area (Å²) in [5, 5.41) is 13.1. The molecule has 0 unspecified atom stereocenters. The molecule has 0 aromatic carbocycles. The molecule has 0 spiro atoms. The van der Waals surface area contributed by atoms with E-state index in [0.717, 1.165) is 11.5 Å². The van der Waals surface area contributed by atoms with Crippen LogP contribution in [-0.2, 0) is 0 Å². The van der Waals surface area contributed by atoms with Gasteiger partial charge < -0.3 is 11.1 Å². The number of nitrogens with one attached hydrogen (secondary N) is 1. The van der Waals surface area contributed by atoms with Crippen molar-refractivity contribution in [3.05, 3.63) is 5.56 Å². The Morgan fingerprint density at radius 3 is 2.41 bits per heavy atom. The Bertz CT molecular complexity index is 395. The first kappa shape index (κ1) is 13.8. The number of nitrogen functional groups attached to an aromatic ring is 1. The monoisotopic (exact) mass is 252 g/mol. The summed E-state index contributed by atoms with van der Waals surface area (Å²) < 4.78 is 3.99. The van der Waals surface area contributed by atoms with Crippen LogP contribution in [0.3, 0.4) is 0 Å². The van der Waals surface area contributed by atoms with Crippen LogP contribution in [0.15, 0.2) is 0 Å². The second-order valence-corrected chi connectivity index (χ2v) is 5.69. The molecule has 0 fully saturated rings. The molecule has 0 atom stereocenters. The molecule has 1 rings (SSSR count). The first-order chi connectivity index (χ1) is 7.97. The molecule has 0 amide bonds. The van der Waals surface area contributed by atoms with Gasteiger partial charge in [0.05, 0.1) is 0 Å². The van der Waals surface area contributed by atoms with Gasteiger partial charge in [-0.05, 0) is 29.3 Å². The molecule has 1 heterocycles. The third-order valence-electron chi connectivity index (χ3n) is 3.04. The van der Waals surface area contributed by atoms with E-state index >= 15 is 0 Å². The molecule has 17 heavy (non-hydrogen) atoms.